The van der Waals surface area contributed by atoms with E-state index in [1.165, 1.54) is 18.6 Å². The van der Waals surface area contributed by atoms with Gasteiger partial charge in [0.1, 0.15) is 0 Å². The van der Waals surface area contributed by atoms with Crippen LogP contribution in [0.2, 0.25) is 0 Å². The Morgan fingerprint density at radius 2 is 2.09 bits per heavy atom. The first-order valence-electron chi connectivity index (χ1n) is 6.24. The second-order valence-corrected chi connectivity index (χ2v) is 5.00. The molecular weight excluding hydrogens is 352 g/mol. The van der Waals surface area contributed by atoms with Crippen LogP contribution in [0.5, 0.6) is 0 Å². The molecule has 0 radical (unpaired) electrons. The number of rotatable bonds is 4. The molecule has 8 heteroatoms. The second kappa shape index (κ2) is 6.44. The van der Waals surface area contributed by atoms with Gasteiger partial charge < -0.3 is 9.15 Å². The number of hydrogen-bond donors (Lipinski definition) is 0. The fourth-order valence-electron chi connectivity index (χ4n) is 1.66. The minimum atomic E-state index is -0.603. The van der Waals surface area contributed by atoms with Gasteiger partial charge in [-0.05, 0) is 28.1 Å². The molecule has 2 aromatic heterocycles. The van der Waals surface area contributed by atoms with Crippen LogP contribution in [0.1, 0.15) is 16.4 Å². The van der Waals surface area contributed by atoms with Crippen molar-refractivity contribution in [2.24, 2.45) is 0 Å². The van der Waals surface area contributed by atoms with Crippen LogP contribution in [0.25, 0.3) is 11.5 Å². The van der Waals surface area contributed by atoms with Gasteiger partial charge in [0.05, 0.1) is 11.8 Å². The molecular formula is C14H9BrN4O3. The van der Waals surface area contributed by atoms with Crippen molar-refractivity contribution < 1.29 is 13.9 Å². The van der Waals surface area contributed by atoms with Crippen LogP contribution in [0, 0.1) is 0 Å². The summed E-state index contributed by atoms with van der Waals surface area (Å²) in [6, 6.07) is 7.45. The molecule has 3 rings (SSSR count). The van der Waals surface area contributed by atoms with Crippen LogP contribution in [0.3, 0.4) is 0 Å². The van der Waals surface area contributed by atoms with Crippen LogP contribution >= 0.6 is 15.9 Å². The molecule has 0 fully saturated rings. The summed E-state index contributed by atoms with van der Waals surface area (Å²) in [6.07, 6.45) is 4.20. The molecule has 0 aliphatic rings. The number of carbonyl (C=O) groups excluding carboxylic acids is 1. The first kappa shape index (κ1) is 14.3. The number of benzene rings is 1. The van der Waals surface area contributed by atoms with Crippen molar-refractivity contribution in [2.75, 3.05) is 0 Å². The van der Waals surface area contributed by atoms with E-state index in [4.69, 9.17) is 9.15 Å². The summed E-state index contributed by atoms with van der Waals surface area (Å²) in [5.41, 5.74) is 0.884. The summed E-state index contributed by atoms with van der Waals surface area (Å²) in [7, 11) is 0. The molecule has 22 heavy (non-hydrogen) atoms. The van der Waals surface area contributed by atoms with E-state index < -0.39 is 5.97 Å². The molecule has 0 amide bonds. The van der Waals surface area contributed by atoms with Gasteiger partial charge in [-0.2, -0.15) is 0 Å². The lowest BCUT2D eigenvalue weighted by atomic mass is 10.2. The zero-order valence-electron chi connectivity index (χ0n) is 11.1. The van der Waals surface area contributed by atoms with Gasteiger partial charge in [0.2, 0.25) is 5.89 Å². The van der Waals surface area contributed by atoms with Crippen molar-refractivity contribution in [3.8, 4) is 11.5 Å². The summed E-state index contributed by atoms with van der Waals surface area (Å²) in [6.45, 7) is -0.132. The molecule has 1 aromatic carbocycles. The topological polar surface area (TPSA) is 91.0 Å². The fourth-order valence-corrected chi connectivity index (χ4v) is 2.12. The van der Waals surface area contributed by atoms with Crippen LogP contribution < -0.4 is 0 Å². The fraction of sp³-hybridized carbons (Fsp3) is 0.0714. The van der Waals surface area contributed by atoms with Crippen molar-refractivity contribution in [1.82, 2.24) is 20.2 Å². The molecule has 2 heterocycles. The molecule has 0 aliphatic carbocycles. The van der Waals surface area contributed by atoms with E-state index in [9.17, 15) is 4.79 Å². The Morgan fingerprint density at radius 3 is 2.86 bits per heavy atom. The van der Waals surface area contributed by atoms with Gasteiger partial charge in [-0.1, -0.05) is 12.1 Å². The van der Waals surface area contributed by atoms with E-state index in [0.29, 0.717) is 5.89 Å². The zero-order chi connectivity index (χ0) is 15.4. The third-order valence-corrected chi connectivity index (χ3v) is 3.36. The highest BCUT2D eigenvalue weighted by Gasteiger charge is 2.14. The Bertz CT molecular complexity index is 792. The van der Waals surface area contributed by atoms with Crippen LogP contribution in [-0.2, 0) is 11.3 Å². The molecule has 0 saturated carbocycles. The number of ether oxygens (including phenoxy) is 1. The molecule has 110 valence electrons. The molecule has 3 aromatic rings. The molecule has 0 saturated heterocycles. The highest BCUT2D eigenvalue weighted by molar-refractivity contribution is 9.10. The van der Waals surface area contributed by atoms with Crippen LogP contribution in [0.4, 0.5) is 0 Å². The minimum absolute atomic E-state index is 0.119. The predicted octanol–water partition coefficient (Wildman–Crippen LogP) is 2.65. The quantitative estimate of drug-likeness (QED) is 0.660. The monoisotopic (exact) mass is 360 g/mol. The number of aromatic nitrogens is 4. The summed E-state index contributed by atoms with van der Waals surface area (Å²) < 4.78 is 11.4. The first-order chi connectivity index (χ1) is 10.7. The third kappa shape index (κ3) is 3.17. The van der Waals surface area contributed by atoms with E-state index in [1.54, 1.807) is 0 Å². The highest BCUT2D eigenvalue weighted by atomic mass is 79.9. The van der Waals surface area contributed by atoms with Crippen molar-refractivity contribution in [3.63, 3.8) is 0 Å². The lowest BCUT2D eigenvalue weighted by Crippen LogP contribution is -2.07. The number of carbonyl (C=O) groups is 1. The summed E-state index contributed by atoms with van der Waals surface area (Å²) >= 11 is 3.41. The van der Waals surface area contributed by atoms with Crippen molar-refractivity contribution >= 4 is 21.9 Å². The van der Waals surface area contributed by atoms with E-state index in [-0.39, 0.29) is 18.2 Å². The van der Waals surface area contributed by atoms with Crippen LogP contribution in [0.15, 0.2) is 51.7 Å². The van der Waals surface area contributed by atoms with Crippen molar-refractivity contribution in [2.45, 2.75) is 6.61 Å². The number of halogens is 1. The molecule has 0 atom stereocenters. The summed E-state index contributed by atoms with van der Waals surface area (Å²) in [5.74, 6) is -0.0604. The third-order valence-electron chi connectivity index (χ3n) is 2.67. The largest absolute Gasteiger partial charge is 0.451 e. The average Bonchev–Trinajstić information content (AvgIpc) is 3.02. The number of nitrogens with zero attached hydrogens (tertiary/aromatic N) is 4. The molecule has 0 spiro atoms. The smallest absolute Gasteiger partial charge is 0.359 e. The molecule has 0 unspecified atom stereocenters. The summed E-state index contributed by atoms with van der Waals surface area (Å²) in [5, 5.41) is 7.78. The van der Waals surface area contributed by atoms with E-state index in [0.717, 1.165) is 10.0 Å². The molecule has 0 aliphatic heterocycles. The Hall–Kier alpha value is -2.61. The van der Waals surface area contributed by atoms with Gasteiger partial charge in [-0.3, -0.25) is 4.98 Å². The SMILES string of the molecule is O=C(OCc1nnc(-c2ccccc2Br)o1)c1cnccn1. The van der Waals surface area contributed by atoms with Gasteiger partial charge in [-0.25, -0.2) is 9.78 Å². The van der Waals surface area contributed by atoms with Crippen LogP contribution in [-0.4, -0.2) is 26.1 Å². The minimum Gasteiger partial charge on any atom is -0.451 e. The molecule has 0 bridgehead atoms. The average molecular weight is 361 g/mol. The molecule has 0 N–H and O–H groups in total. The Morgan fingerprint density at radius 1 is 1.23 bits per heavy atom. The van der Waals surface area contributed by atoms with Gasteiger partial charge in [0.15, 0.2) is 12.3 Å². The first-order valence-corrected chi connectivity index (χ1v) is 7.04. The standard InChI is InChI=1S/C14H9BrN4O3/c15-10-4-2-1-3-9(10)13-19-18-12(22-13)8-21-14(20)11-7-16-5-6-17-11/h1-7H,8H2. The van der Waals surface area contributed by atoms with Gasteiger partial charge in [0, 0.05) is 16.9 Å². The number of hydrogen-bond acceptors (Lipinski definition) is 7. The molecule has 7 nitrogen and oxygen atoms in total. The lowest BCUT2D eigenvalue weighted by Gasteiger charge is -2.00. The van der Waals surface area contributed by atoms with Crippen molar-refractivity contribution in [1.29, 1.82) is 0 Å². The van der Waals surface area contributed by atoms with E-state index >= 15 is 0 Å². The Balaban J connectivity index is 1.68. The highest BCUT2D eigenvalue weighted by Crippen LogP contribution is 2.26. The Labute approximate surface area is 133 Å². The maximum Gasteiger partial charge on any atom is 0.359 e. The van der Waals surface area contributed by atoms with E-state index in [1.807, 2.05) is 24.3 Å². The maximum absolute atomic E-state index is 11.7. The van der Waals surface area contributed by atoms with Gasteiger partial charge in [-0.15, -0.1) is 10.2 Å². The maximum atomic E-state index is 11.7. The summed E-state index contributed by atoms with van der Waals surface area (Å²) in [4.78, 5) is 19.4. The predicted molar refractivity (Wildman–Crippen MR) is 78.6 cm³/mol. The number of esters is 1. The van der Waals surface area contributed by atoms with Gasteiger partial charge >= 0.3 is 5.97 Å². The lowest BCUT2D eigenvalue weighted by molar-refractivity contribution is 0.0431. The second-order valence-electron chi connectivity index (χ2n) is 4.15. The van der Waals surface area contributed by atoms with Crippen molar-refractivity contribution in [3.05, 3.63) is 58.9 Å². The zero-order valence-corrected chi connectivity index (χ0v) is 12.7. The normalized spacial score (nSPS) is 10.4. The van der Waals surface area contributed by atoms with Gasteiger partial charge in [0.25, 0.3) is 5.89 Å². The van der Waals surface area contributed by atoms with E-state index in [2.05, 4.69) is 36.1 Å². The Kier molecular flexibility index (Phi) is 4.19.